The number of nitrogens with two attached hydrogens (primary N) is 3. The van der Waals surface area contributed by atoms with Gasteiger partial charge < -0.3 is 22.5 Å². The molecule has 1 aromatic carbocycles. The number of nitrogens with zero attached hydrogens (tertiary/aromatic N) is 2. The largest absolute Gasteiger partial charge is 0.382 e. The summed E-state index contributed by atoms with van der Waals surface area (Å²) in [7, 11) is 0. The molecular weight excluding hydrogens is 328 g/mol. The number of halogens is 1. The Kier molecular flexibility index (Phi) is 5.94. The first-order valence-corrected chi connectivity index (χ1v) is 7.91. The zero-order chi connectivity index (χ0) is 17.7. The van der Waals surface area contributed by atoms with Crippen LogP contribution in [0.4, 0.5) is 11.6 Å². The van der Waals surface area contributed by atoms with Crippen LogP contribution < -0.4 is 22.5 Å². The highest BCUT2D eigenvalue weighted by atomic mass is 35.5. The SMILES string of the molecule is Cc1ccccc1C[C@@H](CN)CNC(=O)c1nc(Cl)c(N)nc1N. The van der Waals surface area contributed by atoms with Gasteiger partial charge in [0.2, 0.25) is 0 Å². The van der Waals surface area contributed by atoms with Gasteiger partial charge in [-0.25, -0.2) is 9.97 Å². The number of carbonyl (C=O) groups excluding carboxylic acids is 1. The summed E-state index contributed by atoms with van der Waals surface area (Å²) in [5.74, 6) is -0.429. The fourth-order valence-corrected chi connectivity index (χ4v) is 2.45. The van der Waals surface area contributed by atoms with E-state index in [1.54, 1.807) is 0 Å². The Balaban J connectivity index is 2.02. The molecule has 1 amide bonds. The molecule has 7 nitrogen and oxygen atoms in total. The Morgan fingerprint density at radius 2 is 1.96 bits per heavy atom. The van der Waals surface area contributed by atoms with Gasteiger partial charge in [-0.1, -0.05) is 35.9 Å². The molecule has 2 rings (SSSR count). The number of aromatic nitrogens is 2. The van der Waals surface area contributed by atoms with E-state index in [1.165, 1.54) is 11.1 Å². The molecule has 1 atom stereocenters. The molecule has 1 heterocycles. The zero-order valence-electron chi connectivity index (χ0n) is 13.4. The number of hydrogen-bond acceptors (Lipinski definition) is 6. The zero-order valence-corrected chi connectivity index (χ0v) is 14.2. The average molecular weight is 349 g/mol. The van der Waals surface area contributed by atoms with Gasteiger partial charge in [-0.2, -0.15) is 0 Å². The van der Waals surface area contributed by atoms with Gasteiger partial charge >= 0.3 is 0 Å². The van der Waals surface area contributed by atoms with E-state index in [0.29, 0.717) is 13.1 Å². The van der Waals surface area contributed by atoms with E-state index in [9.17, 15) is 4.79 Å². The van der Waals surface area contributed by atoms with Crippen LogP contribution in [0.1, 0.15) is 21.6 Å². The highest BCUT2D eigenvalue weighted by Crippen LogP contribution is 2.17. The van der Waals surface area contributed by atoms with Crippen molar-refractivity contribution in [3.63, 3.8) is 0 Å². The number of anilines is 2. The summed E-state index contributed by atoms with van der Waals surface area (Å²) in [6.45, 7) is 2.89. The summed E-state index contributed by atoms with van der Waals surface area (Å²) in [6, 6.07) is 8.09. The van der Waals surface area contributed by atoms with Gasteiger partial charge in [-0.3, -0.25) is 4.79 Å². The van der Waals surface area contributed by atoms with Crippen molar-refractivity contribution in [2.24, 2.45) is 11.7 Å². The Morgan fingerprint density at radius 1 is 1.25 bits per heavy atom. The Labute approximate surface area is 145 Å². The standard InChI is InChI=1S/C16H21ClN6O/c1-9-4-2-3-5-11(9)6-10(7-18)8-21-16(24)12-14(19)23-15(20)13(17)22-12/h2-5,10H,6-8,18H2,1H3,(H,21,24)(H4,19,20,23)/t10-/m0/s1. The molecule has 0 unspecified atom stereocenters. The van der Waals surface area contributed by atoms with Gasteiger partial charge in [0.25, 0.3) is 5.91 Å². The molecule has 0 radical (unpaired) electrons. The van der Waals surface area contributed by atoms with Crippen LogP contribution in [-0.2, 0) is 6.42 Å². The lowest BCUT2D eigenvalue weighted by Crippen LogP contribution is -2.35. The van der Waals surface area contributed by atoms with Gasteiger partial charge in [-0.15, -0.1) is 0 Å². The molecule has 7 N–H and O–H groups in total. The second kappa shape index (κ2) is 7.94. The highest BCUT2D eigenvalue weighted by Gasteiger charge is 2.17. The minimum Gasteiger partial charge on any atom is -0.382 e. The van der Waals surface area contributed by atoms with Crippen molar-refractivity contribution < 1.29 is 4.79 Å². The van der Waals surface area contributed by atoms with E-state index >= 15 is 0 Å². The fourth-order valence-electron chi connectivity index (χ4n) is 2.32. The van der Waals surface area contributed by atoms with E-state index in [-0.39, 0.29) is 28.4 Å². The van der Waals surface area contributed by atoms with Crippen LogP contribution in [0, 0.1) is 12.8 Å². The lowest BCUT2D eigenvalue weighted by molar-refractivity contribution is 0.0943. The number of benzene rings is 1. The number of carbonyl (C=O) groups is 1. The average Bonchev–Trinajstić information content (AvgIpc) is 2.56. The molecule has 0 aliphatic rings. The van der Waals surface area contributed by atoms with Crippen molar-refractivity contribution in [3.05, 3.63) is 46.2 Å². The molecule has 1 aromatic heterocycles. The maximum Gasteiger partial charge on any atom is 0.273 e. The predicted octanol–water partition coefficient (Wildman–Crippen LogP) is 1.15. The van der Waals surface area contributed by atoms with Gasteiger partial charge in [0.1, 0.15) is 0 Å². The summed E-state index contributed by atoms with van der Waals surface area (Å²) in [6.07, 6.45) is 0.771. The van der Waals surface area contributed by atoms with E-state index in [1.807, 2.05) is 25.1 Å². The third-order valence-electron chi connectivity index (χ3n) is 3.77. The van der Waals surface area contributed by atoms with Gasteiger partial charge in [-0.05, 0) is 36.9 Å². The minimum absolute atomic E-state index is 0.00916. The van der Waals surface area contributed by atoms with Crippen LogP contribution in [0.25, 0.3) is 0 Å². The van der Waals surface area contributed by atoms with Crippen molar-refractivity contribution in [1.29, 1.82) is 0 Å². The molecule has 128 valence electrons. The minimum atomic E-state index is -0.454. The van der Waals surface area contributed by atoms with Crippen molar-refractivity contribution in [3.8, 4) is 0 Å². The van der Waals surface area contributed by atoms with Crippen molar-refractivity contribution in [1.82, 2.24) is 15.3 Å². The van der Waals surface area contributed by atoms with Crippen molar-refractivity contribution >= 4 is 29.1 Å². The van der Waals surface area contributed by atoms with Crippen LogP contribution in [-0.4, -0.2) is 29.0 Å². The van der Waals surface area contributed by atoms with Crippen molar-refractivity contribution in [2.75, 3.05) is 24.6 Å². The van der Waals surface area contributed by atoms with E-state index < -0.39 is 5.91 Å². The number of hydrogen-bond donors (Lipinski definition) is 4. The normalized spacial score (nSPS) is 12.0. The molecule has 2 aromatic rings. The van der Waals surface area contributed by atoms with Gasteiger partial charge in [0, 0.05) is 6.54 Å². The van der Waals surface area contributed by atoms with Gasteiger partial charge in [0.15, 0.2) is 22.5 Å². The lowest BCUT2D eigenvalue weighted by Gasteiger charge is -2.17. The maximum absolute atomic E-state index is 12.2. The highest BCUT2D eigenvalue weighted by molar-refractivity contribution is 6.31. The lowest BCUT2D eigenvalue weighted by atomic mass is 9.96. The molecule has 24 heavy (non-hydrogen) atoms. The van der Waals surface area contributed by atoms with Crippen molar-refractivity contribution in [2.45, 2.75) is 13.3 Å². The van der Waals surface area contributed by atoms with Crippen LogP contribution in [0.2, 0.25) is 5.15 Å². The second-order valence-electron chi connectivity index (χ2n) is 5.58. The van der Waals surface area contributed by atoms with E-state index in [4.69, 9.17) is 28.8 Å². The predicted molar refractivity (Wildman–Crippen MR) is 95.6 cm³/mol. The molecule has 0 saturated heterocycles. The number of nitrogen functional groups attached to an aromatic ring is 2. The number of rotatable bonds is 6. The monoisotopic (exact) mass is 348 g/mol. The molecule has 0 fully saturated rings. The third-order valence-corrected chi connectivity index (χ3v) is 4.05. The van der Waals surface area contributed by atoms with Crippen LogP contribution in [0.15, 0.2) is 24.3 Å². The Hall–Kier alpha value is -2.38. The summed E-state index contributed by atoms with van der Waals surface area (Å²) < 4.78 is 0. The quantitative estimate of drug-likeness (QED) is 0.619. The first-order chi connectivity index (χ1) is 11.4. The number of aryl methyl sites for hydroxylation is 1. The first kappa shape index (κ1) is 18.0. The second-order valence-corrected chi connectivity index (χ2v) is 5.93. The van der Waals surface area contributed by atoms with Gasteiger partial charge in [0.05, 0.1) is 0 Å². The summed E-state index contributed by atoms with van der Waals surface area (Å²) >= 11 is 5.79. The molecule has 0 bridgehead atoms. The summed E-state index contributed by atoms with van der Waals surface area (Å²) in [5.41, 5.74) is 19.4. The molecule has 0 aliphatic carbocycles. The molecule has 0 aliphatic heterocycles. The number of nitrogens with one attached hydrogen (secondary N) is 1. The molecular formula is C16H21ClN6O. The third kappa shape index (κ3) is 4.33. The van der Waals surface area contributed by atoms with Crippen LogP contribution in [0.5, 0.6) is 0 Å². The molecule has 0 spiro atoms. The van der Waals surface area contributed by atoms with Crippen LogP contribution >= 0.6 is 11.6 Å². The molecule has 8 heteroatoms. The van der Waals surface area contributed by atoms with E-state index in [2.05, 4.69) is 21.4 Å². The number of amides is 1. The topological polar surface area (TPSA) is 133 Å². The van der Waals surface area contributed by atoms with E-state index in [0.717, 1.165) is 6.42 Å². The first-order valence-electron chi connectivity index (χ1n) is 7.53. The fraction of sp³-hybridized carbons (Fsp3) is 0.312. The molecule has 0 saturated carbocycles. The Morgan fingerprint density at radius 3 is 2.62 bits per heavy atom. The smallest absolute Gasteiger partial charge is 0.273 e. The Bertz CT molecular complexity index is 737. The summed E-state index contributed by atoms with van der Waals surface area (Å²) in [4.78, 5) is 19.9. The maximum atomic E-state index is 12.2. The summed E-state index contributed by atoms with van der Waals surface area (Å²) in [5, 5.41) is 2.73. The van der Waals surface area contributed by atoms with Crippen LogP contribution in [0.3, 0.4) is 0 Å².